The van der Waals surface area contributed by atoms with Crippen molar-refractivity contribution in [1.29, 1.82) is 0 Å². The van der Waals surface area contributed by atoms with Gasteiger partial charge in [-0.15, -0.1) is 0 Å². The number of aliphatic hydroxyl groups is 1. The van der Waals surface area contributed by atoms with E-state index in [1.807, 2.05) is 0 Å². The number of carbonyl (C=O) groups is 2. The normalized spacial score (nSPS) is 21.6. The Balaban J connectivity index is 2.25. The van der Waals surface area contributed by atoms with Crippen LogP contribution in [0.4, 0.5) is 0 Å². The molecule has 27 heavy (non-hydrogen) atoms. The van der Waals surface area contributed by atoms with E-state index in [2.05, 4.69) is 25.8 Å². The molecule has 1 N–H and O–H groups in total. The molecule has 6 heteroatoms. The Bertz CT molecular complexity index is 773. The Morgan fingerprint density at radius 2 is 2.00 bits per heavy atom. The zero-order chi connectivity index (χ0) is 20.4. The summed E-state index contributed by atoms with van der Waals surface area (Å²) in [5.41, 5.74) is -0.315. The first-order valence-corrected chi connectivity index (χ1v) is 9.80. The minimum Gasteiger partial charge on any atom is -0.506 e. The summed E-state index contributed by atoms with van der Waals surface area (Å²) in [5.74, 6) is -0.378. The van der Waals surface area contributed by atoms with Gasteiger partial charge in [-0.25, -0.2) is 0 Å². The van der Waals surface area contributed by atoms with Crippen molar-refractivity contribution >= 4 is 28.4 Å². The van der Waals surface area contributed by atoms with Crippen LogP contribution in [0, 0.1) is 11.8 Å². The van der Waals surface area contributed by atoms with Crippen molar-refractivity contribution in [2.24, 2.45) is 11.8 Å². The van der Waals surface area contributed by atoms with E-state index in [9.17, 15) is 14.7 Å². The topological polar surface area (TPSA) is 76.5 Å². The Morgan fingerprint density at radius 3 is 2.59 bits per heavy atom. The van der Waals surface area contributed by atoms with E-state index in [1.54, 1.807) is 6.07 Å². The van der Waals surface area contributed by atoms with Gasteiger partial charge >= 0.3 is 5.97 Å². The van der Waals surface area contributed by atoms with Gasteiger partial charge in [0, 0.05) is 29.9 Å². The van der Waals surface area contributed by atoms with Gasteiger partial charge < -0.3 is 9.84 Å². The van der Waals surface area contributed by atoms with Gasteiger partial charge in [-0.2, -0.15) is 0 Å². The van der Waals surface area contributed by atoms with E-state index in [-0.39, 0.29) is 10.6 Å². The first-order valence-electron chi connectivity index (χ1n) is 9.43. The molecule has 0 saturated heterocycles. The van der Waals surface area contributed by atoms with E-state index < -0.39 is 23.1 Å². The Morgan fingerprint density at radius 1 is 1.33 bits per heavy atom. The van der Waals surface area contributed by atoms with E-state index in [4.69, 9.17) is 16.3 Å². The van der Waals surface area contributed by atoms with Gasteiger partial charge in [0.2, 0.25) is 11.4 Å². The molecule has 1 aromatic heterocycles. The molecule has 0 amide bonds. The van der Waals surface area contributed by atoms with Gasteiger partial charge in [0.05, 0.1) is 5.03 Å². The zero-order valence-electron chi connectivity index (χ0n) is 16.6. The molecule has 5 nitrogen and oxygen atoms in total. The number of carbonyl (C=O) groups excluding carboxylic acids is 2. The Hall–Kier alpha value is -1.88. The third-order valence-corrected chi connectivity index (χ3v) is 5.66. The smallest absolute Gasteiger partial charge is 0.304 e. The molecule has 2 rings (SSSR count). The SMILES string of the molecule is CC[C@H](C)CC(C)CCc1cc2c(cn1)C(=O)[C@@](C)(OC(C)=O)C(O)=C2Cl. The first kappa shape index (κ1) is 21.4. The third kappa shape index (κ3) is 4.52. The predicted molar refractivity (Wildman–Crippen MR) is 106 cm³/mol. The average molecular weight is 394 g/mol. The minimum atomic E-state index is -1.82. The standard InChI is InChI=1S/C21H28ClNO4/c1-6-12(2)9-13(3)7-8-15-10-16-17(11-23-15)19(25)21(5,27-14(4)24)20(26)18(16)22/h10-13,26H,6-9H2,1-5H3/t12-,13?,21+/m0/s1. The van der Waals surface area contributed by atoms with Gasteiger partial charge in [-0.05, 0) is 44.1 Å². The Kier molecular flexibility index (Phi) is 6.68. The summed E-state index contributed by atoms with van der Waals surface area (Å²) >= 11 is 6.31. The van der Waals surface area contributed by atoms with Crippen LogP contribution in [0.3, 0.4) is 0 Å². The van der Waals surface area contributed by atoms with E-state index >= 15 is 0 Å². The number of hydrogen-bond acceptors (Lipinski definition) is 5. The lowest BCUT2D eigenvalue weighted by molar-refractivity contribution is -0.150. The molecular formula is C21H28ClNO4. The van der Waals surface area contributed by atoms with Crippen LogP contribution in [0.2, 0.25) is 0 Å². The van der Waals surface area contributed by atoms with E-state index in [0.29, 0.717) is 17.4 Å². The molecule has 0 bridgehead atoms. The third-order valence-electron chi connectivity index (χ3n) is 5.28. The number of pyridine rings is 1. The van der Waals surface area contributed by atoms with E-state index in [0.717, 1.165) is 18.5 Å². The van der Waals surface area contributed by atoms with Crippen molar-refractivity contribution < 1.29 is 19.4 Å². The Labute approximate surface area is 165 Å². The quantitative estimate of drug-likeness (QED) is 0.654. The van der Waals surface area contributed by atoms with Crippen LogP contribution in [0.1, 0.15) is 75.5 Å². The van der Waals surface area contributed by atoms with Crippen LogP contribution in [-0.2, 0) is 16.0 Å². The van der Waals surface area contributed by atoms with Gasteiger partial charge in [0.25, 0.3) is 0 Å². The molecule has 1 aliphatic carbocycles. The maximum Gasteiger partial charge on any atom is 0.304 e. The number of aliphatic hydroxyl groups excluding tert-OH is 1. The lowest BCUT2D eigenvalue weighted by atomic mass is 9.84. The number of nitrogens with zero attached hydrogens (tertiary/aromatic N) is 1. The van der Waals surface area contributed by atoms with Gasteiger partial charge in [-0.1, -0.05) is 38.8 Å². The van der Waals surface area contributed by atoms with Crippen molar-refractivity contribution in [3.63, 3.8) is 0 Å². The number of aromatic nitrogens is 1. The van der Waals surface area contributed by atoms with Crippen molar-refractivity contribution in [3.8, 4) is 0 Å². The second-order valence-electron chi connectivity index (χ2n) is 7.73. The lowest BCUT2D eigenvalue weighted by Crippen LogP contribution is -2.44. The van der Waals surface area contributed by atoms with Crippen molar-refractivity contribution in [2.45, 2.75) is 65.9 Å². The van der Waals surface area contributed by atoms with Crippen molar-refractivity contribution in [3.05, 3.63) is 34.8 Å². The fourth-order valence-electron chi connectivity index (χ4n) is 3.45. The summed E-state index contributed by atoms with van der Waals surface area (Å²) in [6.07, 6.45) is 5.56. The molecule has 1 aromatic rings. The molecule has 0 spiro atoms. The van der Waals surface area contributed by atoms with Crippen LogP contribution < -0.4 is 0 Å². The van der Waals surface area contributed by atoms with Crippen LogP contribution in [-0.4, -0.2) is 27.4 Å². The maximum absolute atomic E-state index is 12.8. The summed E-state index contributed by atoms with van der Waals surface area (Å²) in [5, 5.41) is 10.4. The van der Waals surface area contributed by atoms with Crippen LogP contribution in [0.25, 0.3) is 5.03 Å². The first-order chi connectivity index (χ1) is 12.6. The highest BCUT2D eigenvalue weighted by Gasteiger charge is 2.48. The molecular weight excluding hydrogens is 366 g/mol. The molecule has 0 radical (unpaired) electrons. The molecule has 0 aliphatic heterocycles. The second kappa shape index (κ2) is 8.42. The molecule has 1 aliphatic rings. The zero-order valence-corrected chi connectivity index (χ0v) is 17.4. The summed E-state index contributed by atoms with van der Waals surface area (Å²) in [7, 11) is 0. The number of hydrogen-bond donors (Lipinski definition) is 1. The number of ketones is 1. The second-order valence-corrected chi connectivity index (χ2v) is 8.11. The number of ether oxygens (including phenoxy) is 1. The number of aryl methyl sites for hydroxylation is 1. The average Bonchev–Trinajstić information content (AvgIpc) is 2.62. The largest absolute Gasteiger partial charge is 0.506 e. The highest BCUT2D eigenvalue weighted by molar-refractivity contribution is 6.51. The molecule has 148 valence electrons. The molecule has 0 aromatic carbocycles. The lowest BCUT2D eigenvalue weighted by Gasteiger charge is -2.32. The highest BCUT2D eigenvalue weighted by Crippen LogP contribution is 2.40. The molecule has 0 saturated carbocycles. The molecule has 3 atom stereocenters. The van der Waals surface area contributed by atoms with Gasteiger partial charge in [-0.3, -0.25) is 14.6 Å². The number of Topliss-reactive ketones (excluding diaryl/α,β-unsaturated/α-hetero) is 1. The maximum atomic E-state index is 12.8. The van der Waals surface area contributed by atoms with Gasteiger partial charge in [0.15, 0.2) is 5.76 Å². The van der Waals surface area contributed by atoms with Crippen molar-refractivity contribution in [1.82, 2.24) is 4.98 Å². The molecule has 0 fully saturated rings. The van der Waals surface area contributed by atoms with E-state index in [1.165, 1.54) is 32.9 Å². The van der Waals surface area contributed by atoms with Gasteiger partial charge in [0.1, 0.15) is 0 Å². The number of halogens is 1. The molecule has 1 heterocycles. The van der Waals surface area contributed by atoms with Crippen LogP contribution >= 0.6 is 11.6 Å². The number of rotatable bonds is 7. The van der Waals surface area contributed by atoms with Crippen molar-refractivity contribution in [2.75, 3.05) is 0 Å². The monoisotopic (exact) mass is 393 g/mol. The van der Waals surface area contributed by atoms with Crippen LogP contribution in [0.5, 0.6) is 0 Å². The predicted octanol–water partition coefficient (Wildman–Crippen LogP) is 5.07. The molecule has 1 unspecified atom stereocenters. The summed E-state index contributed by atoms with van der Waals surface area (Å²) in [6.45, 7) is 9.20. The summed E-state index contributed by atoms with van der Waals surface area (Å²) in [4.78, 5) is 28.5. The van der Waals surface area contributed by atoms with Crippen LogP contribution in [0.15, 0.2) is 18.0 Å². The fourth-order valence-corrected chi connectivity index (χ4v) is 3.78. The fraction of sp³-hybridized carbons (Fsp3) is 0.571. The number of fused-ring (bicyclic) bond motifs is 1. The highest BCUT2D eigenvalue weighted by atomic mass is 35.5. The number of esters is 1. The summed E-state index contributed by atoms with van der Waals surface area (Å²) < 4.78 is 5.08. The summed E-state index contributed by atoms with van der Waals surface area (Å²) in [6, 6.07) is 1.75. The minimum absolute atomic E-state index is 0.0182.